The summed E-state index contributed by atoms with van der Waals surface area (Å²) in [5, 5.41) is 9.50. The molecule has 0 unspecified atom stereocenters. The fourth-order valence-electron chi connectivity index (χ4n) is 2.59. The Labute approximate surface area is 157 Å². The molecule has 0 saturated carbocycles. The zero-order valence-electron chi connectivity index (χ0n) is 14.6. The first-order chi connectivity index (χ1) is 13.2. The number of rotatable bonds is 7. The Bertz CT molecular complexity index is 967. The molecular formula is C22H18N2O3. The molecule has 5 nitrogen and oxygen atoms in total. The van der Waals surface area contributed by atoms with Crippen LogP contribution in [-0.2, 0) is 6.61 Å². The molecule has 5 heteroatoms. The third kappa shape index (κ3) is 4.46. The first-order valence-corrected chi connectivity index (χ1v) is 8.32. The third-order valence-electron chi connectivity index (χ3n) is 3.90. The first kappa shape index (κ1) is 18.1. The molecular weight excluding hydrogens is 340 g/mol. The van der Waals surface area contributed by atoms with Crippen molar-refractivity contribution >= 4 is 24.5 Å². The Morgan fingerprint density at radius 3 is 2.37 bits per heavy atom. The summed E-state index contributed by atoms with van der Waals surface area (Å²) in [4.78, 5) is 19.6. The van der Waals surface area contributed by atoms with Crippen LogP contribution in [0.25, 0.3) is 11.8 Å². The second kappa shape index (κ2) is 8.58. The molecule has 0 fully saturated rings. The highest BCUT2D eigenvalue weighted by molar-refractivity contribution is 5.92. The second-order valence-electron chi connectivity index (χ2n) is 5.71. The summed E-state index contributed by atoms with van der Waals surface area (Å²) in [6.07, 6.45) is 3.19. The molecule has 1 aromatic heterocycles. The lowest BCUT2D eigenvalue weighted by Crippen LogP contribution is -2.07. The molecule has 3 rings (SSSR count). The lowest BCUT2D eigenvalue weighted by atomic mass is 10.1. The summed E-state index contributed by atoms with van der Waals surface area (Å²) in [6, 6.07) is 20.7. The molecule has 0 saturated heterocycles. The average molecular weight is 358 g/mol. The normalized spacial score (nSPS) is 11.0. The molecule has 0 radical (unpaired) electrons. The summed E-state index contributed by atoms with van der Waals surface area (Å²) >= 11 is 0. The van der Waals surface area contributed by atoms with Crippen molar-refractivity contribution in [3.63, 3.8) is 0 Å². The number of pyridine rings is 1. The number of carboxylic acids is 1. The van der Waals surface area contributed by atoms with Gasteiger partial charge in [-0.1, -0.05) is 60.7 Å². The predicted molar refractivity (Wildman–Crippen MR) is 106 cm³/mol. The van der Waals surface area contributed by atoms with Gasteiger partial charge in [0.1, 0.15) is 6.61 Å². The van der Waals surface area contributed by atoms with E-state index in [-0.39, 0.29) is 18.1 Å². The van der Waals surface area contributed by atoms with Gasteiger partial charge in [0.05, 0.1) is 5.70 Å². The van der Waals surface area contributed by atoms with Gasteiger partial charge in [0.25, 0.3) is 0 Å². The van der Waals surface area contributed by atoms with Gasteiger partial charge >= 0.3 is 5.97 Å². The fourth-order valence-corrected chi connectivity index (χ4v) is 2.59. The highest BCUT2D eigenvalue weighted by Gasteiger charge is 2.17. The van der Waals surface area contributed by atoms with E-state index < -0.39 is 5.97 Å². The lowest BCUT2D eigenvalue weighted by molar-refractivity contribution is 0.0684. The Kier molecular flexibility index (Phi) is 5.74. The molecule has 0 atom stereocenters. The molecule has 2 aromatic carbocycles. The molecule has 0 amide bonds. The summed E-state index contributed by atoms with van der Waals surface area (Å²) in [7, 11) is 0. The molecule has 27 heavy (non-hydrogen) atoms. The van der Waals surface area contributed by atoms with Gasteiger partial charge < -0.3 is 9.84 Å². The summed E-state index contributed by atoms with van der Waals surface area (Å²) in [6.45, 7) is 3.86. The van der Waals surface area contributed by atoms with Crippen LogP contribution in [0, 0.1) is 0 Å². The molecule has 134 valence electrons. The van der Waals surface area contributed by atoms with E-state index in [0.717, 1.165) is 11.1 Å². The van der Waals surface area contributed by atoms with E-state index in [4.69, 9.17) is 4.74 Å². The smallest absolute Gasteiger partial charge is 0.358 e. The minimum Gasteiger partial charge on any atom is -0.486 e. The minimum absolute atomic E-state index is 0.142. The zero-order chi connectivity index (χ0) is 19.1. The lowest BCUT2D eigenvalue weighted by Gasteiger charge is -2.12. The van der Waals surface area contributed by atoms with E-state index in [2.05, 4.69) is 16.7 Å². The van der Waals surface area contributed by atoms with Crippen molar-refractivity contribution in [3.8, 4) is 5.75 Å². The average Bonchev–Trinajstić information content (AvgIpc) is 2.72. The third-order valence-corrected chi connectivity index (χ3v) is 3.90. The monoisotopic (exact) mass is 358 g/mol. The molecule has 0 aliphatic heterocycles. The van der Waals surface area contributed by atoms with Crippen LogP contribution in [0.5, 0.6) is 5.75 Å². The van der Waals surface area contributed by atoms with Crippen LogP contribution < -0.4 is 4.74 Å². The van der Waals surface area contributed by atoms with Crippen molar-refractivity contribution < 1.29 is 14.6 Å². The number of aromatic carboxylic acids is 1. The van der Waals surface area contributed by atoms with Crippen molar-refractivity contribution in [2.45, 2.75) is 6.61 Å². The van der Waals surface area contributed by atoms with Crippen LogP contribution in [0.4, 0.5) is 0 Å². The van der Waals surface area contributed by atoms with Crippen molar-refractivity contribution in [2.75, 3.05) is 0 Å². The van der Waals surface area contributed by atoms with Crippen LogP contribution in [0.1, 0.15) is 27.2 Å². The number of hydrogen-bond acceptors (Lipinski definition) is 4. The van der Waals surface area contributed by atoms with E-state index in [1.807, 2.05) is 60.7 Å². The van der Waals surface area contributed by atoms with Gasteiger partial charge in [-0.05, 0) is 24.4 Å². The maximum atomic E-state index is 11.6. The molecule has 1 N–H and O–H groups in total. The fraction of sp³-hybridized carbons (Fsp3) is 0.0455. The largest absolute Gasteiger partial charge is 0.486 e. The minimum atomic E-state index is -1.15. The Hall–Kier alpha value is -3.73. The predicted octanol–water partition coefficient (Wildman–Crippen LogP) is 4.56. The van der Waals surface area contributed by atoms with E-state index in [0.29, 0.717) is 11.3 Å². The van der Waals surface area contributed by atoms with Crippen LogP contribution in [0.3, 0.4) is 0 Å². The second-order valence-corrected chi connectivity index (χ2v) is 5.71. The maximum Gasteiger partial charge on any atom is 0.358 e. The number of nitrogens with zero attached hydrogens (tertiary/aromatic N) is 2. The van der Waals surface area contributed by atoms with Crippen LogP contribution in [-0.4, -0.2) is 22.8 Å². The number of carbonyl (C=O) groups is 1. The van der Waals surface area contributed by atoms with E-state index in [9.17, 15) is 9.90 Å². The Balaban J connectivity index is 2.01. The Morgan fingerprint density at radius 2 is 1.74 bits per heavy atom. The number of aliphatic imine (C=N–C) groups is 1. The number of benzene rings is 2. The molecule has 0 aliphatic carbocycles. The molecule has 0 aliphatic rings. The highest BCUT2D eigenvalue weighted by Crippen LogP contribution is 2.28. The van der Waals surface area contributed by atoms with Gasteiger partial charge in [-0.15, -0.1) is 0 Å². The van der Waals surface area contributed by atoms with Crippen molar-refractivity contribution in [3.05, 3.63) is 95.3 Å². The van der Waals surface area contributed by atoms with Crippen LogP contribution >= 0.6 is 0 Å². The summed E-state index contributed by atoms with van der Waals surface area (Å²) < 4.78 is 5.85. The van der Waals surface area contributed by atoms with Crippen LogP contribution in [0.15, 0.2) is 77.9 Å². The quantitative estimate of drug-likeness (QED) is 0.629. The maximum absolute atomic E-state index is 11.6. The molecule has 0 spiro atoms. The van der Waals surface area contributed by atoms with Crippen molar-refractivity contribution in [1.82, 2.24) is 4.98 Å². The zero-order valence-corrected chi connectivity index (χ0v) is 14.6. The molecule has 0 bridgehead atoms. The van der Waals surface area contributed by atoms with Gasteiger partial charge in [-0.25, -0.2) is 9.78 Å². The van der Waals surface area contributed by atoms with Crippen molar-refractivity contribution in [2.24, 2.45) is 4.99 Å². The van der Waals surface area contributed by atoms with Crippen molar-refractivity contribution in [1.29, 1.82) is 0 Å². The van der Waals surface area contributed by atoms with E-state index >= 15 is 0 Å². The van der Waals surface area contributed by atoms with Gasteiger partial charge in [-0.3, -0.25) is 4.99 Å². The van der Waals surface area contributed by atoms with Gasteiger partial charge in [-0.2, -0.15) is 0 Å². The van der Waals surface area contributed by atoms with Gasteiger partial charge in [0.15, 0.2) is 11.4 Å². The van der Waals surface area contributed by atoms with E-state index in [1.54, 1.807) is 12.1 Å². The standard InChI is InChI=1S/C22H18N2O3/c1-23-19(17-10-6-3-7-11-17)14-18-12-13-24-20(22(25)26)21(18)27-15-16-8-4-2-5-9-16/h2-14H,1,15H2,(H,25,26). The SMILES string of the molecule is C=NC(=Cc1ccnc(C(=O)O)c1OCc1ccccc1)c1ccccc1. The number of carboxylic acid groups (broad SMARTS) is 1. The van der Waals surface area contributed by atoms with E-state index in [1.165, 1.54) is 6.20 Å². The summed E-state index contributed by atoms with van der Waals surface area (Å²) in [5.41, 5.74) is 2.84. The number of ether oxygens (including phenoxy) is 1. The first-order valence-electron chi connectivity index (χ1n) is 8.32. The van der Waals surface area contributed by atoms with Gasteiger partial charge in [0.2, 0.25) is 0 Å². The highest BCUT2D eigenvalue weighted by atomic mass is 16.5. The summed E-state index contributed by atoms with van der Waals surface area (Å²) in [5.74, 6) is -0.952. The molecule has 3 aromatic rings. The Morgan fingerprint density at radius 1 is 1.07 bits per heavy atom. The van der Waals surface area contributed by atoms with Crippen LogP contribution in [0.2, 0.25) is 0 Å². The number of hydrogen-bond donors (Lipinski definition) is 1. The van der Waals surface area contributed by atoms with Gasteiger partial charge in [0, 0.05) is 17.3 Å². The molecule has 1 heterocycles. The number of aromatic nitrogens is 1. The topological polar surface area (TPSA) is 71.8 Å².